The van der Waals surface area contributed by atoms with Crippen LogP contribution in [-0.2, 0) is 11.0 Å². The number of alkyl halides is 3. The van der Waals surface area contributed by atoms with Crippen LogP contribution in [0.15, 0.2) is 6.20 Å². The number of amides is 1. The van der Waals surface area contributed by atoms with Crippen LogP contribution in [0.3, 0.4) is 0 Å². The molecule has 0 aliphatic carbocycles. The van der Waals surface area contributed by atoms with E-state index in [1.807, 2.05) is 4.98 Å². The summed E-state index contributed by atoms with van der Waals surface area (Å²) in [6.07, 6.45) is -3.85. The third-order valence-corrected chi connectivity index (χ3v) is 1.18. The summed E-state index contributed by atoms with van der Waals surface area (Å²) < 4.78 is 35.9. The standard InChI is InChI=1S/C6H6F3N3O/c1-3(13)11-5-10-2-4(12-5)6(7,8)9/h2H,1H3,(H2,10,11,12,13). The Kier molecular flexibility index (Phi) is 2.26. The van der Waals surface area contributed by atoms with Crippen molar-refractivity contribution in [1.82, 2.24) is 9.97 Å². The van der Waals surface area contributed by atoms with E-state index in [0.29, 0.717) is 6.20 Å². The molecule has 1 heterocycles. The van der Waals surface area contributed by atoms with E-state index in [1.165, 1.54) is 6.92 Å². The molecule has 0 atom stereocenters. The van der Waals surface area contributed by atoms with Crippen molar-refractivity contribution in [1.29, 1.82) is 0 Å². The van der Waals surface area contributed by atoms with E-state index in [4.69, 9.17) is 0 Å². The van der Waals surface area contributed by atoms with Gasteiger partial charge in [-0.2, -0.15) is 13.2 Å². The molecule has 1 aromatic heterocycles. The number of hydrogen-bond acceptors (Lipinski definition) is 2. The van der Waals surface area contributed by atoms with Crippen molar-refractivity contribution in [2.75, 3.05) is 5.32 Å². The van der Waals surface area contributed by atoms with Gasteiger partial charge in [-0.25, -0.2) is 4.98 Å². The lowest BCUT2D eigenvalue weighted by atomic mass is 10.5. The molecule has 0 saturated carbocycles. The van der Waals surface area contributed by atoms with E-state index in [9.17, 15) is 18.0 Å². The summed E-state index contributed by atoms with van der Waals surface area (Å²) in [5.41, 5.74) is -0.990. The highest BCUT2D eigenvalue weighted by Crippen LogP contribution is 2.27. The minimum atomic E-state index is -4.47. The highest BCUT2D eigenvalue weighted by molar-refractivity contribution is 5.86. The van der Waals surface area contributed by atoms with Crippen LogP contribution in [0, 0.1) is 0 Å². The van der Waals surface area contributed by atoms with Gasteiger partial charge in [-0.1, -0.05) is 0 Å². The Bertz CT molecular complexity index is 317. The van der Waals surface area contributed by atoms with E-state index in [-0.39, 0.29) is 5.95 Å². The predicted octanol–water partition coefficient (Wildman–Crippen LogP) is 1.39. The summed E-state index contributed by atoms with van der Waals surface area (Å²) in [6, 6.07) is 0. The molecular formula is C6H6F3N3O. The minimum absolute atomic E-state index is 0.208. The number of hydrogen-bond donors (Lipinski definition) is 2. The van der Waals surface area contributed by atoms with Crippen molar-refractivity contribution in [2.45, 2.75) is 13.1 Å². The molecule has 0 aromatic carbocycles. The number of imidazole rings is 1. The zero-order valence-electron chi connectivity index (χ0n) is 6.57. The predicted molar refractivity (Wildman–Crippen MR) is 37.9 cm³/mol. The van der Waals surface area contributed by atoms with Crippen LogP contribution in [0.1, 0.15) is 12.6 Å². The van der Waals surface area contributed by atoms with Crippen LogP contribution < -0.4 is 5.32 Å². The molecule has 1 amide bonds. The van der Waals surface area contributed by atoms with Crippen LogP contribution in [-0.4, -0.2) is 15.9 Å². The van der Waals surface area contributed by atoms with Crippen molar-refractivity contribution in [3.8, 4) is 0 Å². The molecule has 7 heteroatoms. The number of carbonyl (C=O) groups is 1. The van der Waals surface area contributed by atoms with E-state index in [0.717, 1.165) is 0 Å². The number of anilines is 1. The van der Waals surface area contributed by atoms with Gasteiger partial charge in [0.2, 0.25) is 11.9 Å². The lowest BCUT2D eigenvalue weighted by molar-refractivity contribution is -0.140. The van der Waals surface area contributed by atoms with Gasteiger partial charge in [-0.05, 0) is 0 Å². The average molecular weight is 193 g/mol. The molecular weight excluding hydrogens is 187 g/mol. The third-order valence-electron chi connectivity index (χ3n) is 1.18. The highest BCUT2D eigenvalue weighted by Gasteiger charge is 2.32. The van der Waals surface area contributed by atoms with Crippen LogP contribution in [0.2, 0.25) is 0 Å². The van der Waals surface area contributed by atoms with E-state index in [1.54, 1.807) is 0 Å². The summed E-state index contributed by atoms with van der Waals surface area (Å²) >= 11 is 0. The lowest BCUT2D eigenvalue weighted by Gasteiger charge is -2.00. The maximum absolute atomic E-state index is 12.0. The number of aromatic amines is 1. The normalized spacial score (nSPS) is 11.4. The second kappa shape index (κ2) is 3.08. The molecule has 13 heavy (non-hydrogen) atoms. The summed E-state index contributed by atoms with van der Waals surface area (Å²) in [5, 5.41) is 2.09. The first kappa shape index (κ1) is 9.56. The molecule has 0 saturated heterocycles. The smallest absolute Gasteiger partial charge is 0.320 e. The van der Waals surface area contributed by atoms with Gasteiger partial charge in [0.25, 0.3) is 0 Å². The Labute approximate surface area is 71.2 Å². The Morgan fingerprint density at radius 1 is 1.62 bits per heavy atom. The molecule has 1 rings (SSSR count). The number of nitrogens with zero attached hydrogens (tertiary/aromatic N) is 1. The van der Waals surface area contributed by atoms with Gasteiger partial charge in [-0.15, -0.1) is 0 Å². The average Bonchev–Trinajstić information content (AvgIpc) is 2.32. The number of halogens is 3. The Morgan fingerprint density at radius 2 is 2.23 bits per heavy atom. The van der Waals surface area contributed by atoms with Crippen molar-refractivity contribution in [3.63, 3.8) is 0 Å². The molecule has 72 valence electrons. The summed E-state index contributed by atoms with van der Waals surface area (Å²) in [4.78, 5) is 15.7. The quantitative estimate of drug-likeness (QED) is 0.707. The summed E-state index contributed by atoms with van der Waals surface area (Å²) in [7, 11) is 0. The fourth-order valence-electron chi connectivity index (χ4n) is 0.696. The van der Waals surface area contributed by atoms with Crippen LogP contribution >= 0.6 is 0 Å². The van der Waals surface area contributed by atoms with Gasteiger partial charge in [0.05, 0.1) is 6.20 Å². The SMILES string of the molecule is CC(=O)Nc1ncc(C(F)(F)F)[nH]1. The van der Waals surface area contributed by atoms with Crippen molar-refractivity contribution in [2.24, 2.45) is 0 Å². The van der Waals surface area contributed by atoms with E-state index >= 15 is 0 Å². The molecule has 0 bridgehead atoms. The van der Waals surface area contributed by atoms with E-state index in [2.05, 4.69) is 10.3 Å². The first-order valence-electron chi connectivity index (χ1n) is 3.29. The monoisotopic (exact) mass is 193 g/mol. The van der Waals surface area contributed by atoms with Crippen LogP contribution in [0.4, 0.5) is 19.1 Å². The Hall–Kier alpha value is -1.53. The molecule has 1 aromatic rings. The van der Waals surface area contributed by atoms with Crippen molar-refractivity contribution < 1.29 is 18.0 Å². The summed E-state index contributed by atoms with van der Waals surface area (Å²) in [6.45, 7) is 1.18. The minimum Gasteiger partial charge on any atom is -0.320 e. The van der Waals surface area contributed by atoms with E-state index < -0.39 is 17.8 Å². The maximum Gasteiger partial charge on any atom is 0.432 e. The second-order valence-electron chi connectivity index (χ2n) is 2.32. The number of nitrogens with one attached hydrogen (secondary N) is 2. The lowest BCUT2D eigenvalue weighted by Crippen LogP contribution is -2.09. The molecule has 0 radical (unpaired) electrons. The molecule has 0 fully saturated rings. The fraction of sp³-hybridized carbons (Fsp3) is 0.333. The molecule has 0 aliphatic rings. The van der Waals surface area contributed by atoms with Crippen LogP contribution in [0.5, 0.6) is 0 Å². The van der Waals surface area contributed by atoms with Gasteiger partial charge in [0.15, 0.2) is 0 Å². The van der Waals surface area contributed by atoms with Crippen molar-refractivity contribution >= 4 is 11.9 Å². The number of carbonyl (C=O) groups excluding carboxylic acids is 1. The van der Waals surface area contributed by atoms with Crippen molar-refractivity contribution in [3.05, 3.63) is 11.9 Å². The summed E-state index contributed by atoms with van der Waals surface area (Å²) in [5.74, 6) is -0.692. The van der Waals surface area contributed by atoms with Gasteiger partial charge < -0.3 is 4.98 Å². The Morgan fingerprint density at radius 3 is 2.62 bits per heavy atom. The number of aromatic nitrogens is 2. The highest BCUT2D eigenvalue weighted by atomic mass is 19.4. The zero-order chi connectivity index (χ0) is 10.1. The molecule has 2 N–H and O–H groups in total. The van der Waals surface area contributed by atoms with Gasteiger partial charge in [0, 0.05) is 6.92 Å². The van der Waals surface area contributed by atoms with Crippen LogP contribution in [0.25, 0.3) is 0 Å². The van der Waals surface area contributed by atoms with Gasteiger partial charge in [-0.3, -0.25) is 10.1 Å². The number of H-pyrrole nitrogens is 1. The Balaban J connectivity index is 2.81. The second-order valence-corrected chi connectivity index (χ2v) is 2.32. The van der Waals surface area contributed by atoms with Gasteiger partial charge in [0.1, 0.15) is 5.69 Å². The molecule has 0 aliphatic heterocycles. The zero-order valence-corrected chi connectivity index (χ0v) is 6.57. The number of rotatable bonds is 1. The molecule has 4 nitrogen and oxygen atoms in total. The first-order chi connectivity index (χ1) is 5.89. The largest absolute Gasteiger partial charge is 0.432 e. The first-order valence-corrected chi connectivity index (χ1v) is 3.29. The van der Waals surface area contributed by atoms with Gasteiger partial charge >= 0.3 is 6.18 Å². The fourth-order valence-corrected chi connectivity index (χ4v) is 0.696. The maximum atomic E-state index is 12.0. The molecule has 0 unspecified atom stereocenters. The topological polar surface area (TPSA) is 57.8 Å². The third kappa shape index (κ3) is 2.46. The molecule has 0 spiro atoms.